The molecule has 32 heavy (non-hydrogen) atoms. The van der Waals surface area contributed by atoms with E-state index < -0.39 is 0 Å². The third kappa shape index (κ3) is 4.21. The fraction of sp³-hybridized carbons (Fsp3) is 0.292. The second-order valence-corrected chi connectivity index (χ2v) is 8.05. The number of piperidine rings is 1. The molecule has 0 atom stereocenters. The first-order valence-corrected chi connectivity index (χ1v) is 10.9. The zero-order valence-corrected chi connectivity index (χ0v) is 17.6. The number of benzene rings is 2. The highest BCUT2D eigenvalue weighted by molar-refractivity contribution is 5.97. The zero-order valence-electron chi connectivity index (χ0n) is 17.6. The molecule has 164 valence electrons. The number of rotatable bonds is 6. The van der Waals surface area contributed by atoms with Crippen LogP contribution in [0.25, 0.3) is 10.9 Å². The monoisotopic (exact) mass is 433 g/mol. The fourth-order valence-electron chi connectivity index (χ4n) is 4.25. The second kappa shape index (κ2) is 8.82. The molecule has 0 unspecified atom stereocenters. The number of aromatic nitrogens is 3. The van der Waals surface area contributed by atoms with E-state index >= 15 is 0 Å². The van der Waals surface area contributed by atoms with E-state index in [1.807, 2.05) is 42.5 Å². The number of carbonyl (C=O) groups excluding carboxylic acids is 1. The molecular weight excluding hydrogens is 409 g/mol. The summed E-state index contributed by atoms with van der Waals surface area (Å²) in [6.07, 6.45) is 2.13. The molecule has 0 spiro atoms. The van der Waals surface area contributed by atoms with Crippen LogP contribution in [0.15, 0.2) is 59.1 Å². The van der Waals surface area contributed by atoms with Crippen LogP contribution in [0.5, 0.6) is 0 Å². The Labute approximate surface area is 184 Å². The summed E-state index contributed by atoms with van der Waals surface area (Å²) in [5, 5.41) is 7.96. The van der Waals surface area contributed by atoms with E-state index in [0.29, 0.717) is 30.5 Å². The predicted molar refractivity (Wildman–Crippen MR) is 119 cm³/mol. The smallest absolute Gasteiger partial charge is 0.267 e. The van der Waals surface area contributed by atoms with E-state index in [2.05, 4.69) is 25.3 Å². The van der Waals surface area contributed by atoms with Gasteiger partial charge >= 0.3 is 0 Å². The first kappa shape index (κ1) is 20.2. The van der Waals surface area contributed by atoms with Gasteiger partial charge in [0.25, 0.3) is 11.9 Å². The van der Waals surface area contributed by atoms with Crippen molar-refractivity contribution in [3.05, 3.63) is 77.6 Å². The fourth-order valence-corrected chi connectivity index (χ4v) is 4.25. The van der Waals surface area contributed by atoms with Crippen molar-refractivity contribution in [2.75, 3.05) is 24.5 Å². The van der Waals surface area contributed by atoms with E-state index in [4.69, 9.17) is 4.52 Å². The number of nitrogens with zero attached hydrogens (tertiary/aromatic N) is 3. The molecule has 0 bridgehead atoms. The molecule has 2 N–H and O–H groups in total. The van der Waals surface area contributed by atoms with Crippen molar-refractivity contribution in [2.24, 2.45) is 0 Å². The Kier molecular flexibility index (Phi) is 5.58. The maximum Gasteiger partial charge on any atom is 0.267 e. The van der Waals surface area contributed by atoms with Gasteiger partial charge in [-0.3, -0.25) is 4.79 Å². The van der Waals surface area contributed by atoms with Crippen molar-refractivity contribution in [1.82, 2.24) is 20.4 Å². The van der Waals surface area contributed by atoms with Gasteiger partial charge in [-0.2, -0.15) is 4.98 Å². The Balaban J connectivity index is 1.12. The number of hydrogen-bond acceptors (Lipinski definition) is 5. The van der Waals surface area contributed by atoms with Crippen LogP contribution in [0.3, 0.4) is 0 Å². The summed E-state index contributed by atoms with van der Waals surface area (Å²) in [6, 6.07) is 16.6. The highest BCUT2D eigenvalue weighted by atomic mass is 19.1. The molecule has 2 aromatic carbocycles. The van der Waals surface area contributed by atoms with Gasteiger partial charge in [-0.05, 0) is 47.7 Å². The van der Waals surface area contributed by atoms with Crippen LogP contribution in [0, 0.1) is 5.82 Å². The molecule has 0 radical (unpaired) electrons. The van der Waals surface area contributed by atoms with Crippen molar-refractivity contribution in [3.63, 3.8) is 0 Å². The van der Waals surface area contributed by atoms with E-state index in [0.717, 1.165) is 42.4 Å². The summed E-state index contributed by atoms with van der Waals surface area (Å²) in [7, 11) is 0. The van der Waals surface area contributed by atoms with Gasteiger partial charge in [0.2, 0.25) is 5.89 Å². The lowest BCUT2D eigenvalue weighted by atomic mass is 9.89. The SMILES string of the molecule is O=C(NCCc1nc(N2CCC(c3ccccc3F)CC2)no1)c1cc2ccccc2[nH]1. The lowest BCUT2D eigenvalue weighted by molar-refractivity contribution is 0.0949. The number of carbonyl (C=O) groups is 1. The number of amides is 1. The normalized spacial score (nSPS) is 14.7. The molecule has 4 aromatic rings. The Morgan fingerprint density at radius 2 is 1.94 bits per heavy atom. The quantitative estimate of drug-likeness (QED) is 0.479. The summed E-state index contributed by atoms with van der Waals surface area (Å²) in [6.45, 7) is 1.88. The van der Waals surface area contributed by atoms with Gasteiger partial charge in [-0.15, -0.1) is 0 Å². The van der Waals surface area contributed by atoms with Gasteiger partial charge in [0.15, 0.2) is 0 Å². The summed E-state index contributed by atoms with van der Waals surface area (Å²) in [5.41, 5.74) is 2.24. The molecular formula is C24H24FN5O2. The maximum absolute atomic E-state index is 14.1. The van der Waals surface area contributed by atoms with Gasteiger partial charge < -0.3 is 19.7 Å². The van der Waals surface area contributed by atoms with Crippen molar-refractivity contribution in [3.8, 4) is 0 Å². The molecule has 0 saturated carbocycles. The van der Waals surface area contributed by atoms with Crippen LogP contribution in [-0.4, -0.2) is 40.7 Å². The van der Waals surface area contributed by atoms with Crippen LogP contribution in [0.4, 0.5) is 10.3 Å². The average Bonchev–Trinajstić information content (AvgIpc) is 3.47. The van der Waals surface area contributed by atoms with E-state index in [1.54, 1.807) is 6.07 Å². The van der Waals surface area contributed by atoms with Crippen LogP contribution >= 0.6 is 0 Å². The summed E-state index contributed by atoms with van der Waals surface area (Å²) < 4.78 is 19.4. The summed E-state index contributed by atoms with van der Waals surface area (Å²) in [5.74, 6) is 0.930. The number of fused-ring (bicyclic) bond motifs is 1. The molecule has 1 amide bonds. The number of halogens is 1. The average molecular weight is 433 g/mol. The molecule has 5 rings (SSSR count). The highest BCUT2D eigenvalue weighted by Crippen LogP contribution is 2.31. The van der Waals surface area contributed by atoms with Crippen LogP contribution in [0.2, 0.25) is 0 Å². The third-order valence-corrected chi connectivity index (χ3v) is 5.98. The number of H-pyrrole nitrogens is 1. The number of aromatic amines is 1. The Bertz CT molecular complexity index is 1190. The molecule has 1 aliphatic rings. The summed E-state index contributed by atoms with van der Waals surface area (Å²) in [4.78, 5) is 22.0. The lowest BCUT2D eigenvalue weighted by Gasteiger charge is -2.31. The minimum atomic E-state index is -0.170. The molecule has 1 fully saturated rings. The predicted octanol–water partition coefficient (Wildman–Crippen LogP) is 4.05. The summed E-state index contributed by atoms with van der Waals surface area (Å²) >= 11 is 0. The Morgan fingerprint density at radius 1 is 1.16 bits per heavy atom. The zero-order chi connectivity index (χ0) is 21.9. The number of anilines is 1. The minimum absolute atomic E-state index is 0.137. The van der Waals surface area contributed by atoms with E-state index in [9.17, 15) is 9.18 Å². The topological polar surface area (TPSA) is 87.1 Å². The standard InChI is InChI=1S/C24H24FN5O2/c25-19-7-3-2-6-18(19)16-10-13-30(14-11-16)24-28-22(32-29-24)9-12-26-23(31)21-15-17-5-1-4-8-20(17)27-21/h1-8,15-16,27H,9-14H2,(H,26,31). The Morgan fingerprint density at radius 3 is 2.75 bits per heavy atom. The van der Waals surface area contributed by atoms with Crippen molar-refractivity contribution < 1.29 is 13.7 Å². The van der Waals surface area contributed by atoms with E-state index in [-0.39, 0.29) is 17.6 Å². The molecule has 2 aromatic heterocycles. The van der Waals surface area contributed by atoms with Gasteiger partial charge in [0.05, 0.1) is 0 Å². The van der Waals surface area contributed by atoms with Crippen molar-refractivity contribution >= 4 is 22.8 Å². The minimum Gasteiger partial charge on any atom is -0.351 e. The lowest BCUT2D eigenvalue weighted by Crippen LogP contribution is -2.33. The molecule has 7 nitrogen and oxygen atoms in total. The molecule has 0 aliphatic carbocycles. The molecule has 3 heterocycles. The first-order chi connectivity index (χ1) is 15.7. The van der Waals surface area contributed by atoms with Crippen LogP contribution < -0.4 is 10.2 Å². The first-order valence-electron chi connectivity index (χ1n) is 10.9. The van der Waals surface area contributed by atoms with Gasteiger partial charge in [0, 0.05) is 37.0 Å². The molecule has 1 aliphatic heterocycles. The third-order valence-electron chi connectivity index (χ3n) is 5.98. The van der Waals surface area contributed by atoms with Crippen LogP contribution in [-0.2, 0) is 6.42 Å². The molecule has 1 saturated heterocycles. The largest absolute Gasteiger partial charge is 0.351 e. The Hall–Kier alpha value is -3.68. The van der Waals surface area contributed by atoms with Gasteiger partial charge in [0.1, 0.15) is 11.5 Å². The highest BCUT2D eigenvalue weighted by Gasteiger charge is 2.25. The number of hydrogen-bond donors (Lipinski definition) is 2. The number of para-hydroxylation sites is 1. The maximum atomic E-state index is 14.1. The molecule has 8 heteroatoms. The van der Waals surface area contributed by atoms with E-state index in [1.165, 1.54) is 6.07 Å². The second-order valence-electron chi connectivity index (χ2n) is 8.05. The van der Waals surface area contributed by atoms with Crippen molar-refractivity contribution in [2.45, 2.75) is 25.2 Å². The van der Waals surface area contributed by atoms with Crippen molar-refractivity contribution in [1.29, 1.82) is 0 Å². The van der Waals surface area contributed by atoms with Crippen LogP contribution in [0.1, 0.15) is 40.7 Å². The van der Waals surface area contributed by atoms with Gasteiger partial charge in [-0.25, -0.2) is 4.39 Å². The number of nitrogens with one attached hydrogen (secondary N) is 2. The van der Waals surface area contributed by atoms with Gasteiger partial charge in [-0.1, -0.05) is 36.4 Å².